The van der Waals surface area contributed by atoms with E-state index in [1.807, 2.05) is 20.8 Å². The number of nitrogens with one attached hydrogen (secondary N) is 1. The van der Waals surface area contributed by atoms with E-state index in [9.17, 15) is 13.2 Å². The number of carbonyl (C=O) groups is 1. The lowest BCUT2D eigenvalue weighted by atomic mass is 9.85. The highest BCUT2D eigenvalue weighted by atomic mass is 35.5. The fourth-order valence-corrected chi connectivity index (χ4v) is 5.92. The lowest BCUT2D eigenvalue weighted by Crippen LogP contribution is -2.43. The Kier molecular flexibility index (Phi) is 6.10. The number of sulfonamides is 1. The number of thiophene rings is 1. The van der Waals surface area contributed by atoms with Crippen molar-refractivity contribution in [3.05, 3.63) is 16.5 Å². The molecule has 0 unspecified atom stereocenters. The smallest absolute Gasteiger partial charge is 0.252 e. The SMILES string of the molecule is CC(C)NC(=O)[C@H](C)C1CCN(S(=O)(=O)c2ccc(Cl)s2)CC1. The Hall–Kier alpha value is -0.630. The third-order valence-electron chi connectivity index (χ3n) is 4.19. The molecular formula is C15H23ClN2O3S2. The molecule has 0 aliphatic carbocycles. The Morgan fingerprint density at radius 3 is 2.39 bits per heavy atom. The standard InChI is InChI=1S/C15H23ClN2O3S2/c1-10(2)17-15(19)11(3)12-6-8-18(9-7-12)23(20,21)14-5-4-13(16)22-14/h4-5,10-12H,6-9H2,1-3H3,(H,17,19)/t11-/m1/s1. The number of rotatable bonds is 5. The van der Waals surface area contributed by atoms with Crippen LogP contribution in [0, 0.1) is 11.8 Å². The molecule has 1 aliphatic heterocycles. The minimum absolute atomic E-state index is 0.0475. The molecule has 2 rings (SSSR count). The van der Waals surface area contributed by atoms with Crippen LogP contribution >= 0.6 is 22.9 Å². The van der Waals surface area contributed by atoms with Crippen LogP contribution in [-0.4, -0.2) is 37.8 Å². The number of hydrogen-bond acceptors (Lipinski definition) is 4. The summed E-state index contributed by atoms with van der Waals surface area (Å²) in [5, 5.41) is 2.93. The third kappa shape index (κ3) is 4.47. The number of amides is 1. The van der Waals surface area contributed by atoms with Gasteiger partial charge in [-0.3, -0.25) is 4.79 Å². The molecule has 5 nitrogen and oxygen atoms in total. The largest absolute Gasteiger partial charge is 0.354 e. The first-order chi connectivity index (χ1) is 10.7. The summed E-state index contributed by atoms with van der Waals surface area (Å²) in [6.45, 7) is 6.69. The highest BCUT2D eigenvalue weighted by molar-refractivity contribution is 7.91. The van der Waals surface area contributed by atoms with Crippen LogP contribution in [0.2, 0.25) is 4.34 Å². The summed E-state index contributed by atoms with van der Waals surface area (Å²) in [4.78, 5) is 12.1. The van der Waals surface area contributed by atoms with Gasteiger partial charge in [0.25, 0.3) is 10.0 Å². The molecular weight excluding hydrogens is 356 g/mol. The lowest BCUT2D eigenvalue weighted by Gasteiger charge is -2.33. The summed E-state index contributed by atoms with van der Waals surface area (Å²) >= 11 is 6.92. The molecule has 1 aromatic rings. The molecule has 0 aromatic carbocycles. The molecule has 1 saturated heterocycles. The highest BCUT2D eigenvalue weighted by Gasteiger charge is 2.34. The molecule has 1 aromatic heterocycles. The van der Waals surface area contributed by atoms with E-state index >= 15 is 0 Å². The Labute approximate surface area is 147 Å². The minimum atomic E-state index is -3.46. The van der Waals surface area contributed by atoms with Crippen molar-refractivity contribution in [2.75, 3.05) is 13.1 Å². The molecule has 0 saturated carbocycles. The zero-order chi connectivity index (χ0) is 17.2. The molecule has 8 heteroatoms. The van der Waals surface area contributed by atoms with Crippen LogP contribution < -0.4 is 5.32 Å². The average molecular weight is 379 g/mol. The molecule has 1 atom stereocenters. The second-order valence-corrected chi connectivity index (χ2v) is 10.1. The van der Waals surface area contributed by atoms with E-state index in [2.05, 4.69) is 5.32 Å². The highest BCUT2D eigenvalue weighted by Crippen LogP contribution is 2.32. The second kappa shape index (κ2) is 7.51. The summed E-state index contributed by atoms with van der Waals surface area (Å²) in [6, 6.07) is 3.27. The van der Waals surface area contributed by atoms with Crippen molar-refractivity contribution < 1.29 is 13.2 Å². The molecule has 2 heterocycles. The maximum Gasteiger partial charge on any atom is 0.252 e. The zero-order valence-corrected chi connectivity index (χ0v) is 16.0. The van der Waals surface area contributed by atoms with Gasteiger partial charge >= 0.3 is 0 Å². The van der Waals surface area contributed by atoms with Gasteiger partial charge in [0.2, 0.25) is 5.91 Å². The number of halogens is 1. The van der Waals surface area contributed by atoms with Crippen LogP contribution in [0.4, 0.5) is 0 Å². The van der Waals surface area contributed by atoms with Crippen LogP contribution in [0.5, 0.6) is 0 Å². The Morgan fingerprint density at radius 2 is 1.91 bits per heavy atom. The van der Waals surface area contributed by atoms with Crippen molar-refractivity contribution in [1.29, 1.82) is 0 Å². The summed E-state index contributed by atoms with van der Waals surface area (Å²) in [7, 11) is -3.46. The van der Waals surface area contributed by atoms with E-state index in [1.165, 1.54) is 4.31 Å². The van der Waals surface area contributed by atoms with Gasteiger partial charge in [0.15, 0.2) is 0 Å². The predicted octanol–water partition coefficient (Wildman–Crippen LogP) is 2.96. The molecule has 0 bridgehead atoms. The Bertz CT molecular complexity index is 649. The van der Waals surface area contributed by atoms with E-state index in [-0.39, 0.29) is 28.0 Å². The van der Waals surface area contributed by atoms with Crippen LogP contribution in [0.15, 0.2) is 16.3 Å². The normalized spacial score (nSPS) is 19.0. The van der Waals surface area contributed by atoms with Crippen LogP contribution in [0.25, 0.3) is 0 Å². The van der Waals surface area contributed by atoms with E-state index in [4.69, 9.17) is 11.6 Å². The number of piperidine rings is 1. The van der Waals surface area contributed by atoms with Crippen molar-refractivity contribution in [3.8, 4) is 0 Å². The molecule has 1 amide bonds. The predicted molar refractivity (Wildman–Crippen MR) is 93.3 cm³/mol. The van der Waals surface area contributed by atoms with Gasteiger partial charge in [-0.2, -0.15) is 4.31 Å². The number of nitrogens with zero attached hydrogens (tertiary/aromatic N) is 1. The molecule has 1 aliphatic rings. The van der Waals surface area contributed by atoms with Crippen molar-refractivity contribution in [2.24, 2.45) is 11.8 Å². The van der Waals surface area contributed by atoms with Gasteiger partial charge in [0, 0.05) is 25.0 Å². The lowest BCUT2D eigenvalue weighted by molar-refractivity contribution is -0.127. The van der Waals surface area contributed by atoms with Crippen molar-refractivity contribution >= 4 is 38.9 Å². The second-order valence-electron chi connectivity index (χ2n) is 6.25. The quantitative estimate of drug-likeness (QED) is 0.856. The van der Waals surface area contributed by atoms with Gasteiger partial charge in [0.1, 0.15) is 4.21 Å². The summed E-state index contributed by atoms with van der Waals surface area (Å²) in [5.74, 6) is 0.164. The molecule has 0 spiro atoms. The molecule has 0 radical (unpaired) electrons. The average Bonchev–Trinajstić information content (AvgIpc) is 2.93. The van der Waals surface area contributed by atoms with E-state index in [1.54, 1.807) is 12.1 Å². The van der Waals surface area contributed by atoms with Gasteiger partial charge < -0.3 is 5.32 Å². The first-order valence-electron chi connectivity index (χ1n) is 7.77. The maximum atomic E-state index is 12.6. The van der Waals surface area contributed by atoms with E-state index < -0.39 is 10.0 Å². The number of hydrogen-bond donors (Lipinski definition) is 1. The molecule has 1 fully saturated rings. The fourth-order valence-electron chi connectivity index (χ4n) is 2.81. The van der Waals surface area contributed by atoms with Crippen LogP contribution in [0.3, 0.4) is 0 Å². The Morgan fingerprint density at radius 1 is 1.30 bits per heavy atom. The van der Waals surface area contributed by atoms with Gasteiger partial charge in [0.05, 0.1) is 4.34 Å². The first-order valence-corrected chi connectivity index (χ1v) is 10.4. The van der Waals surface area contributed by atoms with Crippen LogP contribution in [-0.2, 0) is 14.8 Å². The zero-order valence-electron chi connectivity index (χ0n) is 13.6. The fraction of sp³-hybridized carbons (Fsp3) is 0.667. The third-order valence-corrected chi connectivity index (χ3v) is 7.79. The van der Waals surface area contributed by atoms with E-state index in [0.717, 1.165) is 11.3 Å². The minimum Gasteiger partial charge on any atom is -0.354 e. The first kappa shape index (κ1) is 18.7. The van der Waals surface area contributed by atoms with Gasteiger partial charge in [-0.15, -0.1) is 11.3 Å². The molecule has 130 valence electrons. The molecule has 1 N–H and O–H groups in total. The number of carbonyl (C=O) groups excluding carboxylic acids is 1. The maximum absolute atomic E-state index is 12.6. The summed E-state index contributed by atoms with van der Waals surface area (Å²) in [5.41, 5.74) is 0. The Balaban J connectivity index is 1.97. The molecule has 23 heavy (non-hydrogen) atoms. The summed E-state index contributed by atoms with van der Waals surface area (Å²) in [6.07, 6.45) is 1.40. The van der Waals surface area contributed by atoms with Crippen molar-refractivity contribution in [3.63, 3.8) is 0 Å². The van der Waals surface area contributed by atoms with Crippen LogP contribution in [0.1, 0.15) is 33.6 Å². The topological polar surface area (TPSA) is 66.5 Å². The summed E-state index contributed by atoms with van der Waals surface area (Å²) < 4.78 is 27.4. The van der Waals surface area contributed by atoms with Gasteiger partial charge in [-0.05, 0) is 44.7 Å². The van der Waals surface area contributed by atoms with Crippen molar-refractivity contribution in [2.45, 2.75) is 43.9 Å². The monoisotopic (exact) mass is 378 g/mol. The van der Waals surface area contributed by atoms with E-state index in [0.29, 0.717) is 30.3 Å². The van der Waals surface area contributed by atoms with Crippen molar-refractivity contribution in [1.82, 2.24) is 9.62 Å². The van der Waals surface area contributed by atoms with Gasteiger partial charge in [-0.1, -0.05) is 18.5 Å². The van der Waals surface area contributed by atoms with Gasteiger partial charge in [-0.25, -0.2) is 8.42 Å².